The molecule has 0 saturated heterocycles. The molecule has 0 radical (unpaired) electrons. The van der Waals surface area contributed by atoms with Gasteiger partial charge in [-0.15, -0.1) is 0 Å². The lowest BCUT2D eigenvalue weighted by atomic mass is 11.0. The first-order valence-electron chi connectivity index (χ1n) is 2.37. The van der Waals surface area contributed by atoms with E-state index < -0.39 is 0 Å². The summed E-state index contributed by atoms with van der Waals surface area (Å²) in [5, 5.41) is 10.3. The van der Waals surface area contributed by atoms with Crippen molar-refractivity contribution in [3.63, 3.8) is 0 Å². The van der Waals surface area contributed by atoms with Crippen molar-refractivity contribution in [2.45, 2.75) is 0 Å². The summed E-state index contributed by atoms with van der Waals surface area (Å²) >= 11 is 1.36. The molecule has 0 saturated carbocycles. The first-order valence-corrected chi connectivity index (χ1v) is 3.60. The van der Waals surface area contributed by atoms with Gasteiger partial charge in [-0.25, -0.2) is 10.1 Å². The van der Waals surface area contributed by atoms with Gasteiger partial charge in [0.25, 0.3) is 0 Å². The van der Waals surface area contributed by atoms with Crippen LogP contribution in [0, 0.1) is 0 Å². The summed E-state index contributed by atoms with van der Waals surface area (Å²) in [4.78, 5) is 3.76. The largest absolute Gasteiger partial charge is 0.287 e. The lowest BCUT2D eigenvalue weighted by molar-refractivity contribution is 0.0177. The molecular formula is C5H10N2OS. The van der Waals surface area contributed by atoms with Gasteiger partial charge in [0, 0.05) is 13.2 Å². The third-order valence-corrected chi connectivity index (χ3v) is 1.40. The molecule has 0 aliphatic carbocycles. The SMILES string of the molecule is C=CN=C(SC)N(C)O. The van der Waals surface area contributed by atoms with Crippen LogP contribution < -0.4 is 0 Å². The number of rotatable bonds is 1. The van der Waals surface area contributed by atoms with E-state index in [1.807, 2.05) is 6.26 Å². The summed E-state index contributed by atoms with van der Waals surface area (Å²) in [6.07, 6.45) is 3.22. The fraction of sp³-hybridized carbons (Fsp3) is 0.400. The Morgan fingerprint density at radius 1 is 1.89 bits per heavy atom. The highest BCUT2D eigenvalue weighted by Crippen LogP contribution is 1.99. The minimum absolute atomic E-state index is 0.532. The summed E-state index contributed by atoms with van der Waals surface area (Å²) in [6.45, 7) is 3.39. The van der Waals surface area contributed by atoms with Crippen LogP contribution in [-0.4, -0.2) is 28.7 Å². The van der Waals surface area contributed by atoms with Crippen LogP contribution in [0.4, 0.5) is 0 Å². The molecular weight excluding hydrogens is 136 g/mol. The molecule has 0 fully saturated rings. The van der Waals surface area contributed by atoms with E-state index in [0.717, 1.165) is 5.06 Å². The standard InChI is InChI=1S/C5H10N2OS/c1-4-6-5(9-3)7(2)8/h4,8H,1H2,2-3H3. The van der Waals surface area contributed by atoms with Crippen molar-refractivity contribution in [1.82, 2.24) is 5.06 Å². The third kappa shape index (κ3) is 3.16. The second-order valence-corrected chi connectivity index (χ2v) is 2.10. The van der Waals surface area contributed by atoms with Gasteiger partial charge < -0.3 is 0 Å². The molecule has 1 N–H and O–H groups in total. The Hall–Kier alpha value is -0.480. The van der Waals surface area contributed by atoms with Gasteiger partial charge in [-0.05, 0) is 6.26 Å². The summed E-state index contributed by atoms with van der Waals surface area (Å²) in [6, 6.07) is 0. The van der Waals surface area contributed by atoms with Crippen molar-refractivity contribution in [1.29, 1.82) is 0 Å². The van der Waals surface area contributed by atoms with E-state index in [1.54, 1.807) is 0 Å². The maximum Gasteiger partial charge on any atom is 0.187 e. The summed E-state index contributed by atoms with van der Waals surface area (Å²) in [5.74, 6) is 0. The Bertz CT molecular complexity index is 122. The molecule has 0 aromatic heterocycles. The number of aliphatic imine (C=N–C) groups is 1. The molecule has 0 spiro atoms. The van der Waals surface area contributed by atoms with E-state index in [2.05, 4.69) is 11.6 Å². The van der Waals surface area contributed by atoms with Crippen molar-refractivity contribution in [3.05, 3.63) is 12.8 Å². The quantitative estimate of drug-likeness (QED) is 0.342. The van der Waals surface area contributed by atoms with Gasteiger partial charge in [0.05, 0.1) is 0 Å². The number of hydroxylamine groups is 2. The van der Waals surface area contributed by atoms with Crippen LogP contribution in [0.5, 0.6) is 0 Å². The Labute approximate surface area is 59.0 Å². The smallest absolute Gasteiger partial charge is 0.187 e. The van der Waals surface area contributed by atoms with Crippen molar-refractivity contribution in [2.75, 3.05) is 13.3 Å². The van der Waals surface area contributed by atoms with E-state index in [4.69, 9.17) is 5.21 Å². The average Bonchev–Trinajstić information content (AvgIpc) is 1.82. The van der Waals surface area contributed by atoms with Crippen LogP contribution >= 0.6 is 11.8 Å². The summed E-state index contributed by atoms with van der Waals surface area (Å²) < 4.78 is 0. The molecule has 0 aromatic carbocycles. The van der Waals surface area contributed by atoms with Crippen LogP contribution in [0.15, 0.2) is 17.8 Å². The van der Waals surface area contributed by atoms with Crippen molar-refractivity contribution in [2.24, 2.45) is 4.99 Å². The first-order chi connectivity index (χ1) is 4.22. The van der Waals surface area contributed by atoms with Crippen molar-refractivity contribution in [3.8, 4) is 0 Å². The molecule has 0 amide bonds. The van der Waals surface area contributed by atoms with Gasteiger partial charge in [0.15, 0.2) is 5.17 Å². The van der Waals surface area contributed by atoms with Gasteiger partial charge in [-0.2, -0.15) is 0 Å². The number of nitrogens with zero attached hydrogens (tertiary/aromatic N) is 2. The molecule has 0 atom stereocenters. The van der Waals surface area contributed by atoms with E-state index in [0.29, 0.717) is 5.17 Å². The Morgan fingerprint density at radius 2 is 2.44 bits per heavy atom. The van der Waals surface area contributed by atoms with E-state index in [-0.39, 0.29) is 0 Å². The van der Waals surface area contributed by atoms with Crippen LogP contribution in [-0.2, 0) is 0 Å². The van der Waals surface area contributed by atoms with Crippen LogP contribution in [0.2, 0.25) is 0 Å². The Balaban J connectivity index is 3.96. The van der Waals surface area contributed by atoms with E-state index >= 15 is 0 Å². The average molecular weight is 146 g/mol. The zero-order valence-electron chi connectivity index (χ0n) is 5.53. The first kappa shape index (κ1) is 8.52. The molecule has 4 heteroatoms. The van der Waals surface area contributed by atoms with Gasteiger partial charge in [0.2, 0.25) is 0 Å². The maximum atomic E-state index is 8.78. The predicted octanol–water partition coefficient (Wildman–Crippen LogP) is 1.17. The molecule has 0 rings (SSSR count). The topological polar surface area (TPSA) is 35.8 Å². The Morgan fingerprint density at radius 3 is 2.56 bits per heavy atom. The number of thioether (sulfide) groups is 1. The molecule has 0 heterocycles. The van der Waals surface area contributed by atoms with Gasteiger partial charge in [0.1, 0.15) is 0 Å². The molecule has 0 aromatic rings. The predicted molar refractivity (Wildman–Crippen MR) is 40.7 cm³/mol. The number of amidine groups is 1. The monoisotopic (exact) mass is 146 g/mol. The van der Waals surface area contributed by atoms with Crippen molar-refractivity contribution < 1.29 is 5.21 Å². The number of hydrogen-bond donors (Lipinski definition) is 1. The van der Waals surface area contributed by atoms with Crippen molar-refractivity contribution >= 4 is 16.9 Å². The van der Waals surface area contributed by atoms with Crippen LogP contribution in [0.25, 0.3) is 0 Å². The van der Waals surface area contributed by atoms with Gasteiger partial charge in [-0.3, -0.25) is 5.21 Å². The molecule has 0 aliphatic heterocycles. The normalized spacial score (nSPS) is 11.2. The second-order valence-electron chi connectivity index (χ2n) is 1.32. The Kier molecular flexibility index (Phi) is 4.17. The number of hydrogen-bond acceptors (Lipinski definition) is 3. The zero-order valence-corrected chi connectivity index (χ0v) is 6.35. The summed E-state index contributed by atoms with van der Waals surface area (Å²) in [5.41, 5.74) is 0. The highest BCUT2D eigenvalue weighted by Gasteiger charge is 1.96. The van der Waals surface area contributed by atoms with Crippen LogP contribution in [0.1, 0.15) is 0 Å². The highest BCUT2D eigenvalue weighted by atomic mass is 32.2. The lowest BCUT2D eigenvalue weighted by Crippen LogP contribution is -2.18. The van der Waals surface area contributed by atoms with Gasteiger partial charge >= 0.3 is 0 Å². The molecule has 52 valence electrons. The minimum Gasteiger partial charge on any atom is -0.287 e. The van der Waals surface area contributed by atoms with E-state index in [1.165, 1.54) is 25.0 Å². The summed E-state index contributed by atoms with van der Waals surface area (Å²) in [7, 11) is 1.51. The highest BCUT2D eigenvalue weighted by molar-refractivity contribution is 8.13. The molecule has 0 bridgehead atoms. The second kappa shape index (κ2) is 4.40. The molecule has 9 heavy (non-hydrogen) atoms. The molecule has 0 unspecified atom stereocenters. The van der Waals surface area contributed by atoms with Gasteiger partial charge in [-0.1, -0.05) is 18.3 Å². The third-order valence-electron chi connectivity index (χ3n) is 0.661. The molecule has 3 nitrogen and oxygen atoms in total. The minimum atomic E-state index is 0.532. The fourth-order valence-electron chi connectivity index (χ4n) is 0.346. The maximum absolute atomic E-state index is 8.78. The molecule has 0 aliphatic rings. The van der Waals surface area contributed by atoms with E-state index in [9.17, 15) is 0 Å². The van der Waals surface area contributed by atoms with Crippen LogP contribution in [0.3, 0.4) is 0 Å². The fourth-order valence-corrected chi connectivity index (χ4v) is 0.791. The zero-order chi connectivity index (χ0) is 7.28. The lowest BCUT2D eigenvalue weighted by Gasteiger charge is -2.08.